The van der Waals surface area contributed by atoms with Gasteiger partial charge in [-0.3, -0.25) is 4.79 Å². The summed E-state index contributed by atoms with van der Waals surface area (Å²) in [6, 6.07) is 1.26. The van der Waals surface area contributed by atoms with Crippen LogP contribution >= 0.6 is 0 Å². The lowest BCUT2D eigenvalue weighted by Gasteiger charge is -2.62. The van der Waals surface area contributed by atoms with Crippen LogP contribution in [0.25, 0.3) is 0 Å². The van der Waals surface area contributed by atoms with E-state index in [1.165, 1.54) is 0 Å². The standard InChI is InChI=1S/C23H33N3O4/c1-21(2,3)30-20(28)25-18(19(27)26-16(11-24)5-15-6-17(15)26)22-7-13-4-14(8-22)10-23(29,9-13)12-22/h13-18,29H,4-10,12H2,1-3H3,(H,25,28)/t13-,14+,15-,16+,17+,18-,22?,23?/m1/s1/i18+2,19+2. The minimum Gasteiger partial charge on any atom is -0.444 e. The number of carbonyl (C=O) groups is 2. The normalized spacial score (nSPS) is 44.2. The van der Waals surface area contributed by atoms with Crippen molar-refractivity contribution in [3.8, 4) is 6.07 Å². The second-order valence-electron chi connectivity index (χ2n) is 11.8. The third-order valence-electron chi connectivity index (χ3n) is 8.10. The molecule has 5 saturated carbocycles. The van der Waals surface area contributed by atoms with E-state index in [9.17, 15) is 20.0 Å². The van der Waals surface area contributed by atoms with Crippen LogP contribution in [0.15, 0.2) is 0 Å². The summed E-state index contributed by atoms with van der Waals surface area (Å²) in [4.78, 5) is 28.4. The number of amides is 2. The summed E-state index contributed by atoms with van der Waals surface area (Å²) in [6.07, 6.45) is 6.02. The Balaban J connectivity index is 1.47. The molecular weight excluding hydrogens is 386 g/mol. The first kappa shape index (κ1) is 20.1. The molecule has 1 heterocycles. The van der Waals surface area contributed by atoms with E-state index < -0.39 is 34.8 Å². The van der Waals surface area contributed by atoms with Crippen LogP contribution in [0.5, 0.6) is 0 Å². The molecule has 0 radical (unpaired) electrons. The number of rotatable bonds is 3. The molecule has 0 aromatic carbocycles. The fourth-order valence-electron chi connectivity index (χ4n) is 7.56. The lowest BCUT2D eigenvalue weighted by Crippen LogP contribution is -2.66. The predicted octanol–water partition coefficient (Wildman–Crippen LogP) is 2.72. The van der Waals surface area contributed by atoms with Gasteiger partial charge in [-0.1, -0.05) is 0 Å². The number of fused-ring (bicyclic) bond motifs is 1. The molecule has 164 valence electrons. The molecule has 8 atom stereocenters. The maximum Gasteiger partial charge on any atom is 0.408 e. The van der Waals surface area contributed by atoms with Crippen molar-refractivity contribution in [2.24, 2.45) is 23.2 Å². The van der Waals surface area contributed by atoms with E-state index in [0.717, 1.165) is 44.9 Å². The van der Waals surface area contributed by atoms with E-state index in [-0.39, 0.29) is 11.9 Å². The van der Waals surface area contributed by atoms with E-state index in [1.807, 2.05) is 0 Å². The van der Waals surface area contributed by atoms with Crippen molar-refractivity contribution < 1.29 is 19.4 Å². The molecule has 6 fully saturated rings. The lowest BCUT2D eigenvalue weighted by atomic mass is 9.51. The maximum absolute atomic E-state index is 13.9. The van der Waals surface area contributed by atoms with Crippen LogP contribution in [-0.4, -0.2) is 51.3 Å². The van der Waals surface area contributed by atoms with Crippen LogP contribution in [0.1, 0.15) is 72.1 Å². The highest BCUT2D eigenvalue weighted by atomic mass is 16.6. The zero-order valence-corrected chi connectivity index (χ0v) is 18.2. The summed E-state index contributed by atoms with van der Waals surface area (Å²) in [5.41, 5.74) is -1.86. The summed E-state index contributed by atoms with van der Waals surface area (Å²) >= 11 is 0. The highest BCUT2D eigenvalue weighted by molar-refractivity contribution is 5.88. The zero-order valence-electron chi connectivity index (χ0n) is 18.2. The van der Waals surface area contributed by atoms with E-state index in [4.69, 9.17) is 4.74 Å². The van der Waals surface area contributed by atoms with Gasteiger partial charge in [-0.25, -0.2) is 4.79 Å². The molecule has 7 heteroatoms. The molecule has 0 aromatic heterocycles. The van der Waals surface area contributed by atoms with Gasteiger partial charge in [0.25, 0.3) is 0 Å². The van der Waals surface area contributed by atoms with Crippen molar-refractivity contribution in [1.29, 1.82) is 5.26 Å². The average molecular weight is 420 g/mol. The Kier molecular flexibility index (Phi) is 4.26. The summed E-state index contributed by atoms with van der Waals surface area (Å²) in [5, 5.41) is 23.8. The lowest BCUT2D eigenvalue weighted by molar-refractivity contribution is -0.180. The number of likely N-dealkylation sites (tertiary alicyclic amines) is 1. The number of piperidine rings is 1. The number of nitriles is 1. The number of ether oxygens (including phenoxy) is 1. The first-order valence-electron chi connectivity index (χ1n) is 11.4. The van der Waals surface area contributed by atoms with Gasteiger partial charge in [0.15, 0.2) is 0 Å². The van der Waals surface area contributed by atoms with Crippen molar-refractivity contribution in [2.75, 3.05) is 0 Å². The number of alkyl carbamates (subject to hydrolysis) is 1. The SMILES string of the molecule is CC(C)(C)OC(=O)N[14C@H]([14C](=O)N1[C@H](C#N)C[C@@H]2C[C@@H]21)C12C[C@@H]3C[C@@H](CC(O)(C3)C1)C2. The Morgan fingerprint density at radius 2 is 1.90 bits per heavy atom. The Morgan fingerprint density at radius 3 is 2.47 bits per heavy atom. The first-order valence-corrected chi connectivity index (χ1v) is 11.4. The number of nitrogens with one attached hydrogen (secondary N) is 1. The van der Waals surface area contributed by atoms with E-state index >= 15 is 0 Å². The van der Waals surface area contributed by atoms with Gasteiger partial charge < -0.3 is 20.1 Å². The number of nitrogens with zero attached hydrogens (tertiary/aromatic N) is 2. The third kappa shape index (κ3) is 3.28. The van der Waals surface area contributed by atoms with Crippen molar-refractivity contribution in [2.45, 2.75) is 101 Å². The molecular formula is C23H33N3O4. The summed E-state index contributed by atoms with van der Waals surface area (Å²) < 4.78 is 5.51. The molecule has 2 N–H and O–H groups in total. The second-order valence-corrected chi connectivity index (χ2v) is 11.8. The summed E-state index contributed by atoms with van der Waals surface area (Å²) in [6.45, 7) is 5.41. The van der Waals surface area contributed by atoms with E-state index in [0.29, 0.717) is 24.2 Å². The molecule has 1 saturated heterocycles. The fourth-order valence-corrected chi connectivity index (χ4v) is 7.56. The van der Waals surface area contributed by atoms with Crippen molar-refractivity contribution in [3.63, 3.8) is 0 Å². The number of aliphatic hydroxyl groups is 1. The van der Waals surface area contributed by atoms with Gasteiger partial charge in [-0.2, -0.15) is 5.26 Å². The Morgan fingerprint density at radius 1 is 1.23 bits per heavy atom. The van der Waals surface area contributed by atoms with Crippen molar-refractivity contribution >= 4 is 12.0 Å². The molecule has 30 heavy (non-hydrogen) atoms. The van der Waals surface area contributed by atoms with Gasteiger partial charge in [-0.05, 0) is 89.9 Å². The molecule has 4 bridgehead atoms. The van der Waals surface area contributed by atoms with E-state index in [2.05, 4.69) is 11.4 Å². The van der Waals surface area contributed by atoms with Crippen LogP contribution in [0.3, 0.4) is 0 Å². The monoisotopic (exact) mass is 419 g/mol. The molecule has 7 nitrogen and oxygen atoms in total. The van der Waals surface area contributed by atoms with Crippen molar-refractivity contribution in [1.82, 2.24) is 10.2 Å². The molecule has 5 aliphatic carbocycles. The average Bonchev–Trinajstić information content (AvgIpc) is 3.25. The van der Waals surface area contributed by atoms with Gasteiger partial charge in [-0.15, -0.1) is 0 Å². The van der Waals surface area contributed by atoms with Crippen molar-refractivity contribution in [3.05, 3.63) is 0 Å². The van der Waals surface area contributed by atoms with Crippen LogP contribution in [0.4, 0.5) is 4.79 Å². The highest BCUT2D eigenvalue weighted by Gasteiger charge is 2.64. The van der Waals surface area contributed by atoms with Gasteiger partial charge in [0, 0.05) is 11.5 Å². The maximum atomic E-state index is 13.9. The summed E-state index contributed by atoms with van der Waals surface area (Å²) in [7, 11) is 0. The largest absolute Gasteiger partial charge is 0.444 e. The molecule has 2 unspecified atom stereocenters. The number of carbonyl (C=O) groups excluding carboxylic acids is 2. The smallest absolute Gasteiger partial charge is 0.408 e. The predicted molar refractivity (Wildman–Crippen MR) is 108 cm³/mol. The van der Waals surface area contributed by atoms with Crippen LogP contribution in [-0.2, 0) is 9.53 Å². The third-order valence-corrected chi connectivity index (χ3v) is 8.10. The van der Waals surface area contributed by atoms with Gasteiger partial charge in [0.2, 0.25) is 5.91 Å². The van der Waals surface area contributed by atoms with Gasteiger partial charge in [0.1, 0.15) is 17.7 Å². The molecule has 1 aliphatic heterocycles. The minimum absolute atomic E-state index is 0.127. The molecule has 6 rings (SSSR count). The van der Waals surface area contributed by atoms with Gasteiger partial charge >= 0.3 is 6.09 Å². The molecule has 2 amide bonds. The number of hydrogen-bond donors (Lipinski definition) is 2. The minimum atomic E-state index is -0.750. The quantitative estimate of drug-likeness (QED) is 0.732. The number of hydrogen-bond acceptors (Lipinski definition) is 5. The van der Waals surface area contributed by atoms with Crippen LogP contribution in [0, 0.1) is 34.5 Å². The molecule has 0 spiro atoms. The molecule has 6 aliphatic rings. The van der Waals surface area contributed by atoms with Gasteiger partial charge in [0.05, 0.1) is 11.7 Å². The second kappa shape index (κ2) is 6.35. The van der Waals surface area contributed by atoms with Crippen LogP contribution in [0.2, 0.25) is 0 Å². The van der Waals surface area contributed by atoms with E-state index in [1.54, 1.807) is 25.7 Å². The first-order chi connectivity index (χ1) is 14.0. The van der Waals surface area contributed by atoms with Crippen LogP contribution < -0.4 is 5.32 Å². The molecule has 0 aromatic rings. The topological polar surface area (TPSA) is 103 Å². The zero-order chi connectivity index (χ0) is 21.5. The Bertz CT molecular complexity index is 798. The summed E-state index contributed by atoms with van der Waals surface area (Å²) in [5.74, 6) is 1.06. The Labute approximate surface area is 178 Å². The highest BCUT2D eigenvalue weighted by Crippen LogP contribution is 2.63. The fraction of sp³-hybridized carbons (Fsp3) is 0.870. The Hall–Kier alpha value is -1.81.